The molecule has 0 radical (unpaired) electrons. The normalized spacial score (nSPS) is 27.7. The van der Waals surface area contributed by atoms with E-state index in [-0.39, 0.29) is 38.0 Å². The van der Waals surface area contributed by atoms with E-state index in [1.54, 1.807) is 0 Å². The van der Waals surface area contributed by atoms with Gasteiger partial charge in [0, 0.05) is 32.8 Å². The molecular formula is C9H19N3O5S2. The van der Waals surface area contributed by atoms with E-state index in [0.717, 1.165) is 17.1 Å². The smallest absolute Gasteiger partial charge is 0.276 e. The van der Waals surface area contributed by atoms with Gasteiger partial charge in [-0.15, -0.1) is 0 Å². The van der Waals surface area contributed by atoms with Gasteiger partial charge in [-0.2, -0.15) is 17.0 Å². The molecule has 0 saturated carbocycles. The highest BCUT2D eigenvalue weighted by Crippen LogP contribution is 2.17. The fourth-order valence-electron chi connectivity index (χ4n) is 2.32. The molecule has 0 aromatic heterocycles. The Balaban J connectivity index is 1.92. The summed E-state index contributed by atoms with van der Waals surface area (Å²) in [4.78, 5) is 0. The van der Waals surface area contributed by atoms with E-state index < -0.39 is 20.2 Å². The molecule has 2 N–H and O–H groups in total. The third-order valence-corrected chi connectivity index (χ3v) is 6.40. The molecule has 19 heavy (non-hydrogen) atoms. The van der Waals surface area contributed by atoms with Crippen molar-refractivity contribution in [2.75, 3.05) is 38.5 Å². The van der Waals surface area contributed by atoms with Crippen LogP contribution in [0.25, 0.3) is 0 Å². The lowest BCUT2D eigenvalue weighted by Crippen LogP contribution is -2.53. The zero-order valence-electron chi connectivity index (χ0n) is 10.6. The van der Waals surface area contributed by atoms with E-state index in [0.29, 0.717) is 6.61 Å². The largest absolute Gasteiger partial charge is 0.377 e. The molecule has 1 atom stereocenters. The van der Waals surface area contributed by atoms with Gasteiger partial charge in [0.05, 0.1) is 11.9 Å². The van der Waals surface area contributed by atoms with Crippen LogP contribution in [0.2, 0.25) is 0 Å². The second-order valence-corrected chi connectivity index (χ2v) is 8.32. The summed E-state index contributed by atoms with van der Waals surface area (Å²) in [5.41, 5.74) is 0. The second kappa shape index (κ2) is 5.62. The summed E-state index contributed by atoms with van der Waals surface area (Å²) >= 11 is 0. The van der Waals surface area contributed by atoms with E-state index in [1.165, 1.54) is 4.31 Å². The molecule has 0 bridgehead atoms. The Morgan fingerprint density at radius 2 is 1.63 bits per heavy atom. The quantitative estimate of drug-likeness (QED) is 0.666. The second-order valence-electron chi connectivity index (χ2n) is 4.76. The molecule has 112 valence electrons. The van der Waals surface area contributed by atoms with Gasteiger partial charge in [-0.3, -0.25) is 0 Å². The molecule has 8 nitrogen and oxygen atoms in total. The standard InChI is InChI=1S/C9H19N3O5S2/c10-19(15,16)12-5-3-11(4-6-12)18(13,14)8-9-2-1-7-17-9/h9H,1-8H2,(H2,10,15,16). The first-order valence-electron chi connectivity index (χ1n) is 6.16. The Morgan fingerprint density at radius 3 is 2.11 bits per heavy atom. The van der Waals surface area contributed by atoms with Crippen LogP contribution in [-0.4, -0.2) is 70.1 Å². The summed E-state index contributed by atoms with van der Waals surface area (Å²) in [6.45, 7) is 1.10. The first-order chi connectivity index (χ1) is 8.79. The molecule has 0 spiro atoms. The fraction of sp³-hybridized carbons (Fsp3) is 1.00. The van der Waals surface area contributed by atoms with Crippen LogP contribution in [0, 0.1) is 0 Å². The summed E-state index contributed by atoms with van der Waals surface area (Å²) < 4.78 is 54.3. The minimum atomic E-state index is -3.73. The van der Waals surface area contributed by atoms with Gasteiger partial charge in [-0.1, -0.05) is 0 Å². The molecule has 2 saturated heterocycles. The van der Waals surface area contributed by atoms with Gasteiger partial charge in [0.15, 0.2) is 0 Å². The van der Waals surface area contributed by atoms with Gasteiger partial charge in [0.1, 0.15) is 0 Å². The number of piperazine rings is 1. The third kappa shape index (κ3) is 3.86. The number of sulfonamides is 1. The molecule has 2 heterocycles. The first-order valence-corrected chi connectivity index (χ1v) is 9.27. The monoisotopic (exact) mass is 313 g/mol. The Morgan fingerprint density at radius 1 is 1.05 bits per heavy atom. The van der Waals surface area contributed by atoms with E-state index in [2.05, 4.69) is 0 Å². The molecule has 2 rings (SSSR count). The molecule has 0 aromatic carbocycles. The molecule has 2 aliphatic rings. The number of ether oxygens (including phenoxy) is 1. The molecule has 1 unspecified atom stereocenters. The van der Waals surface area contributed by atoms with Crippen molar-refractivity contribution in [3.8, 4) is 0 Å². The Hall–Kier alpha value is -0.260. The molecular weight excluding hydrogens is 294 g/mol. The van der Waals surface area contributed by atoms with Gasteiger partial charge >= 0.3 is 0 Å². The van der Waals surface area contributed by atoms with Crippen molar-refractivity contribution in [2.45, 2.75) is 18.9 Å². The maximum atomic E-state index is 12.1. The average Bonchev–Trinajstić information content (AvgIpc) is 2.80. The van der Waals surface area contributed by atoms with E-state index in [1.807, 2.05) is 0 Å². The number of hydrogen-bond donors (Lipinski definition) is 1. The Labute approximate surface area is 113 Å². The topological polar surface area (TPSA) is 110 Å². The van der Waals surface area contributed by atoms with Crippen LogP contribution in [0.1, 0.15) is 12.8 Å². The maximum Gasteiger partial charge on any atom is 0.276 e. The van der Waals surface area contributed by atoms with Crippen LogP contribution in [-0.2, 0) is 25.0 Å². The molecule has 10 heteroatoms. The first kappa shape index (κ1) is 15.1. The van der Waals surface area contributed by atoms with Crippen molar-refractivity contribution >= 4 is 20.2 Å². The summed E-state index contributed by atoms with van der Waals surface area (Å²) in [6.07, 6.45) is 1.41. The van der Waals surface area contributed by atoms with E-state index in [9.17, 15) is 16.8 Å². The molecule has 0 aromatic rings. The predicted molar refractivity (Wildman–Crippen MR) is 69.0 cm³/mol. The minimum Gasteiger partial charge on any atom is -0.377 e. The summed E-state index contributed by atoms with van der Waals surface area (Å²) in [5, 5.41) is 5.01. The lowest BCUT2D eigenvalue weighted by Gasteiger charge is -2.32. The highest BCUT2D eigenvalue weighted by atomic mass is 32.2. The molecule has 2 fully saturated rings. The van der Waals surface area contributed by atoms with Crippen LogP contribution in [0.3, 0.4) is 0 Å². The Bertz CT molecular complexity index is 504. The summed E-state index contributed by atoms with van der Waals surface area (Å²) in [7, 11) is -7.12. The minimum absolute atomic E-state index is 0.0254. The van der Waals surface area contributed by atoms with Crippen molar-refractivity contribution in [3.63, 3.8) is 0 Å². The van der Waals surface area contributed by atoms with E-state index >= 15 is 0 Å². The zero-order valence-corrected chi connectivity index (χ0v) is 12.2. The van der Waals surface area contributed by atoms with Crippen LogP contribution in [0.4, 0.5) is 0 Å². The van der Waals surface area contributed by atoms with Crippen molar-refractivity contribution in [3.05, 3.63) is 0 Å². The van der Waals surface area contributed by atoms with Crippen molar-refractivity contribution in [2.24, 2.45) is 5.14 Å². The number of nitrogens with zero attached hydrogens (tertiary/aromatic N) is 2. The van der Waals surface area contributed by atoms with Crippen molar-refractivity contribution in [1.82, 2.24) is 8.61 Å². The van der Waals surface area contributed by atoms with Crippen molar-refractivity contribution in [1.29, 1.82) is 0 Å². The third-order valence-electron chi connectivity index (χ3n) is 3.37. The van der Waals surface area contributed by atoms with Crippen LogP contribution >= 0.6 is 0 Å². The van der Waals surface area contributed by atoms with Gasteiger partial charge in [0.25, 0.3) is 10.2 Å². The molecule has 2 aliphatic heterocycles. The van der Waals surface area contributed by atoms with Gasteiger partial charge in [-0.05, 0) is 12.8 Å². The zero-order chi connectivity index (χ0) is 14.1. The lowest BCUT2D eigenvalue weighted by molar-refractivity contribution is 0.126. The Kier molecular flexibility index (Phi) is 4.48. The number of rotatable bonds is 4. The van der Waals surface area contributed by atoms with Crippen LogP contribution < -0.4 is 5.14 Å². The molecule has 0 amide bonds. The summed E-state index contributed by atoms with van der Waals surface area (Å²) in [5.74, 6) is -0.0254. The lowest BCUT2D eigenvalue weighted by atomic mass is 10.3. The maximum absolute atomic E-state index is 12.1. The number of nitrogens with two attached hydrogens (primary N) is 1. The summed E-state index contributed by atoms with van der Waals surface area (Å²) in [6, 6.07) is 0. The number of hydrogen-bond acceptors (Lipinski definition) is 5. The van der Waals surface area contributed by atoms with E-state index in [4.69, 9.17) is 9.88 Å². The average molecular weight is 313 g/mol. The van der Waals surface area contributed by atoms with Gasteiger partial charge in [-0.25, -0.2) is 13.6 Å². The van der Waals surface area contributed by atoms with Gasteiger partial charge < -0.3 is 4.74 Å². The predicted octanol–water partition coefficient (Wildman–Crippen LogP) is -1.68. The fourth-order valence-corrected chi connectivity index (χ4v) is 4.65. The molecule has 0 aliphatic carbocycles. The van der Waals surface area contributed by atoms with Crippen molar-refractivity contribution < 1.29 is 21.6 Å². The highest BCUT2D eigenvalue weighted by Gasteiger charge is 2.33. The van der Waals surface area contributed by atoms with Crippen LogP contribution in [0.15, 0.2) is 0 Å². The van der Waals surface area contributed by atoms with Gasteiger partial charge in [0.2, 0.25) is 10.0 Å². The SMILES string of the molecule is NS(=O)(=O)N1CCN(S(=O)(=O)CC2CCCO2)CC1. The van der Waals surface area contributed by atoms with Crippen LogP contribution in [0.5, 0.6) is 0 Å². The highest BCUT2D eigenvalue weighted by molar-refractivity contribution is 7.89.